The number of carboxylic acid groups (broad SMARTS) is 1. The zero-order valence-corrected chi connectivity index (χ0v) is 11.0. The summed E-state index contributed by atoms with van der Waals surface area (Å²) >= 11 is 0. The maximum absolute atomic E-state index is 11.3. The Morgan fingerprint density at radius 1 is 1.32 bits per heavy atom. The van der Waals surface area contributed by atoms with Gasteiger partial charge in [0.1, 0.15) is 0 Å². The molecule has 2 unspecified atom stereocenters. The number of benzene rings is 1. The third kappa shape index (κ3) is 2.54. The van der Waals surface area contributed by atoms with Crippen molar-refractivity contribution in [2.75, 3.05) is 18.6 Å². The smallest absolute Gasteiger partial charge is 0.337 e. The highest BCUT2D eigenvalue weighted by molar-refractivity contribution is 5.89. The van der Waals surface area contributed by atoms with E-state index < -0.39 is 5.97 Å². The zero-order valence-electron chi connectivity index (χ0n) is 11.0. The van der Waals surface area contributed by atoms with E-state index in [-0.39, 0.29) is 17.9 Å². The van der Waals surface area contributed by atoms with Crippen LogP contribution in [0.1, 0.15) is 23.7 Å². The molecule has 1 fully saturated rings. The van der Waals surface area contributed by atoms with Gasteiger partial charge in [-0.3, -0.25) is 4.79 Å². The van der Waals surface area contributed by atoms with Gasteiger partial charge in [-0.2, -0.15) is 0 Å². The van der Waals surface area contributed by atoms with Crippen LogP contribution in [0.3, 0.4) is 0 Å². The SMILES string of the molecule is COC(=O)c1ccc(N2CCC(C(=O)O)C2C)cc1. The van der Waals surface area contributed by atoms with E-state index in [1.54, 1.807) is 12.1 Å². The molecule has 0 radical (unpaired) electrons. The first kappa shape index (κ1) is 13.4. The number of hydrogen-bond donors (Lipinski definition) is 1. The highest BCUT2D eigenvalue weighted by Crippen LogP contribution is 2.30. The van der Waals surface area contributed by atoms with Crippen LogP contribution >= 0.6 is 0 Å². The molecule has 1 aromatic rings. The lowest BCUT2D eigenvalue weighted by Gasteiger charge is -2.25. The number of carbonyl (C=O) groups excluding carboxylic acids is 1. The Morgan fingerprint density at radius 2 is 1.95 bits per heavy atom. The van der Waals surface area contributed by atoms with Crippen molar-refractivity contribution in [3.8, 4) is 0 Å². The number of anilines is 1. The number of aliphatic carboxylic acids is 1. The number of carboxylic acids is 1. The van der Waals surface area contributed by atoms with Crippen molar-refractivity contribution < 1.29 is 19.4 Å². The average molecular weight is 263 g/mol. The first-order chi connectivity index (χ1) is 9.04. The Labute approximate surface area is 111 Å². The molecule has 5 heteroatoms. The third-order valence-corrected chi connectivity index (χ3v) is 3.69. The molecule has 19 heavy (non-hydrogen) atoms. The molecule has 0 spiro atoms. The number of rotatable bonds is 3. The molecular formula is C14H17NO4. The molecule has 1 aliphatic rings. The van der Waals surface area contributed by atoms with E-state index >= 15 is 0 Å². The van der Waals surface area contributed by atoms with E-state index in [0.717, 1.165) is 12.2 Å². The third-order valence-electron chi connectivity index (χ3n) is 3.69. The van der Waals surface area contributed by atoms with Crippen LogP contribution in [-0.2, 0) is 9.53 Å². The summed E-state index contributed by atoms with van der Waals surface area (Å²) in [6.45, 7) is 2.63. The Bertz CT molecular complexity index is 483. The van der Waals surface area contributed by atoms with Gasteiger partial charge in [0.25, 0.3) is 0 Å². The summed E-state index contributed by atoms with van der Waals surface area (Å²) in [4.78, 5) is 24.5. The molecule has 0 amide bonds. The Morgan fingerprint density at radius 3 is 2.42 bits per heavy atom. The highest BCUT2D eigenvalue weighted by Gasteiger charge is 2.35. The molecule has 5 nitrogen and oxygen atoms in total. The van der Waals surface area contributed by atoms with Gasteiger partial charge in [-0.1, -0.05) is 0 Å². The summed E-state index contributed by atoms with van der Waals surface area (Å²) in [5.74, 6) is -1.45. The molecular weight excluding hydrogens is 246 g/mol. The number of nitrogens with zero attached hydrogens (tertiary/aromatic N) is 1. The monoisotopic (exact) mass is 263 g/mol. The summed E-state index contributed by atoms with van der Waals surface area (Å²) in [6.07, 6.45) is 0.648. The Kier molecular flexibility index (Phi) is 3.74. The summed E-state index contributed by atoms with van der Waals surface area (Å²) in [5, 5.41) is 9.11. The van der Waals surface area contributed by atoms with Gasteiger partial charge in [0.15, 0.2) is 0 Å². The molecule has 1 saturated heterocycles. The van der Waals surface area contributed by atoms with Gasteiger partial charge in [-0.05, 0) is 37.6 Å². The molecule has 1 aromatic carbocycles. The summed E-state index contributed by atoms with van der Waals surface area (Å²) in [7, 11) is 1.34. The quantitative estimate of drug-likeness (QED) is 0.842. The molecule has 0 aromatic heterocycles. The van der Waals surface area contributed by atoms with Crippen molar-refractivity contribution in [1.82, 2.24) is 0 Å². The molecule has 0 saturated carbocycles. The van der Waals surface area contributed by atoms with Crippen LogP contribution < -0.4 is 4.90 Å². The fraction of sp³-hybridized carbons (Fsp3) is 0.429. The molecule has 1 heterocycles. The lowest BCUT2D eigenvalue weighted by Crippen LogP contribution is -2.32. The van der Waals surface area contributed by atoms with Crippen molar-refractivity contribution >= 4 is 17.6 Å². The summed E-state index contributed by atoms with van der Waals surface area (Å²) < 4.78 is 4.64. The van der Waals surface area contributed by atoms with Gasteiger partial charge in [-0.15, -0.1) is 0 Å². The van der Waals surface area contributed by atoms with E-state index in [1.807, 2.05) is 19.1 Å². The number of hydrogen-bond acceptors (Lipinski definition) is 4. The minimum atomic E-state index is -0.749. The predicted molar refractivity (Wildman–Crippen MR) is 70.3 cm³/mol. The second-order valence-corrected chi connectivity index (χ2v) is 4.71. The Hall–Kier alpha value is -2.04. The minimum absolute atomic E-state index is 0.0403. The maximum Gasteiger partial charge on any atom is 0.337 e. The second kappa shape index (κ2) is 5.30. The predicted octanol–water partition coefficient (Wildman–Crippen LogP) is 1.77. The molecule has 102 valence electrons. The van der Waals surface area contributed by atoms with Crippen LogP contribution in [0.25, 0.3) is 0 Å². The molecule has 0 aliphatic carbocycles. The summed E-state index contributed by atoms with van der Waals surface area (Å²) in [6, 6.07) is 7.01. The maximum atomic E-state index is 11.3. The van der Waals surface area contributed by atoms with E-state index in [4.69, 9.17) is 5.11 Å². The lowest BCUT2D eigenvalue weighted by molar-refractivity contribution is -0.141. The van der Waals surface area contributed by atoms with Gasteiger partial charge in [0.2, 0.25) is 0 Å². The Balaban J connectivity index is 2.15. The summed E-state index contributed by atoms with van der Waals surface area (Å²) in [5.41, 5.74) is 1.43. The minimum Gasteiger partial charge on any atom is -0.481 e. The zero-order chi connectivity index (χ0) is 14.0. The van der Waals surface area contributed by atoms with E-state index in [9.17, 15) is 9.59 Å². The van der Waals surface area contributed by atoms with Crippen LogP contribution in [0, 0.1) is 5.92 Å². The second-order valence-electron chi connectivity index (χ2n) is 4.71. The standard InChI is InChI=1S/C14H17NO4/c1-9-12(13(16)17)7-8-15(9)11-5-3-10(4-6-11)14(18)19-2/h3-6,9,12H,7-8H2,1-2H3,(H,16,17). The van der Waals surface area contributed by atoms with Crippen LogP contribution in [0.5, 0.6) is 0 Å². The normalized spacial score (nSPS) is 22.3. The lowest BCUT2D eigenvalue weighted by atomic mass is 10.0. The van der Waals surface area contributed by atoms with Crippen molar-refractivity contribution in [3.63, 3.8) is 0 Å². The van der Waals surface area contributed by atoms with Gasteiger partial charge < -0.3 is 14.7 Å². The van der Waals surface area contributed by atoms with Crippen LogP contribution in [0.2, 0.25) is 0 Å². The topological polar surface area (TPSA) is 66.8 Å². The average Bonchev–Trinajstić information content (AvgIpc) is 2.80. The molecule has 2 rings (SSSR count). The number of carbonyl (C=O) groups is 2. The molecule has 1 N–H and O–H groups in total. The van der Waals surface area contributed by atoms with Gasteiger partial charge in [-0.25, -0.2) is 4.79 Å². The van der Waals surface area contributed by atoms with E-state index in [1.165, 1.54) is 7.11 Å². The van der Waals surface area contributed by atoms with Crippen molar-refractivity contribution in [1.29, 1.82) is 0 Å². The van der Waals surface area contributed by atoms with Crippen LogP contribution in [0.15, 0.2) is 24.3 Å². The first-order valence-corrected chi connectivity index (χ1v) is 6.22. The molecule has 1 aliphatic heterocycles. The van der Waals surface area contributed by atoms with Crippen molar-refractivity contribution in [2.24, 2.45) is 5.92 Å². The van der Waals surface area contributed by atoms with E-state index in [2.05, 4.69) is 9.64 Å². The van der Waals surface area contributed by atoms with Gasteiger partial charge in [0.05, 0.1) is 18.6 Å². The van der Waals surface area contributed by atoms with Crippen LogP contribution in [-0.4, -0.2) is 36.7 Å². The number of methoxy groups -OCH3 is 1. The van der Waals surface area contributed by atoms with Crippen molar-refractivity contribution in [2.45, 2.75) is 19.4 Å². The van der Waals surface area contributed by atoms with Crippen LogP contribution in [0.4, 0.5) is 5.69 Å². The van der Waals surface area contributed by atoms with E-state index in [0.29, 0.717) is 12.0 Å². The largest absolute Gasteiger partial charge is 0.481 e. The first-order valence-electron chi connectivity index (χ1n) is 6.22. The van der Waals surface area contributed by atoms with Crippen molar-refractivity contribution in [3.05, 3.63) is 29.8 Å². The molecule has 0 bridgehead atoms. The fourth-order valence-electron chi connectivity index (χ4n) is 2.54. The van der Waals surface area contributed by atoms with Gasteiger partial charge in [0, 0.05) is 18.3 Å². The molecule has 2 atom stereocenters. The number of esters is 1. The van der Waals surface area contributed by atoms with Gasteiger partial charge >= 0.3 is 11.9 Å². The number of ether oxygens (including phenoxy) is 1. The fourth-order valence-corrected chi connectivity index (χ4v) is 2.54. The highest BCUT2D eigenvalue weighted by atomic mass is 16.5.